The Morgan fingerprint density at radius 3 is 2.20 bits per heavy atom. The molecule has 11 nitrogen and oxygen atoms in total. The highest BCUT2D eigenvalue weighted by Gasteiger charge is 2.35. The number of aryl methyl sites for hydroxylation is 1. The Kier molecular flexibility index (Phi) is 8.22. The Morgan fingerprint density at radius 1 is 1.05 bits per heavy atom. The lowest BCUT2D eigenvalue weighted by molar-refractivity contribution is -0.138. The molecule has 0 spiro atoms. The third-order valence-electron chi connectivity index (χ3n) is 5.33. The average Bonchev–Trinajstić information content (AvgIpc) is 3.11. The topological polar surface area (TPSA) is 149 Å². The van der Waals surface area contributed by atoms with Gasteiger partial charge in [0.25, 0.3) is 5.91 Å². The summed E-state index contributed by atoms with van der Waals surface area (Å²) in [6.07, 6.45) is -4.79. The van der Waals surface area contributed by atoms with Gasteiger partial charge in [0.05, 0.1) is 12.7 Å². The van der Waals surface area contributed by atoms with Crippen LogP contribution in [0.2, 0.25) is 0 Å². The number of alkyl halides is 3. The lowest BCUT2D eigenvalue weighted by atomic mass is 10.1. The molecule has 1 heterocycles. The van der Waals surface area contributed by atoms with Gasteiger partial charge in [0.2, 0.25) is 15.9 Å². The summed E-state index contributed by atoms with van der Waals surface area (Å²) in [4.78, 5) is 23.9. The van der Waals surface area contributed by atoms with Gasteiger partial charge in [-0.05, 0) is 64.1 Å². The largest absolute Gasteiger partial charge is 0.496 e. The smallest absolute Gasteiger partial charge is 0.419 e. The maximum absolute atomic E-state index is 13.4. The molecule has 3 rings (SSSR count). The van der Waals surface area contributed by atoms with E-state index in [0.717, 1.165) is 30.0 Å². The van der Waals surface area contributed by atoms with Gasteiger partial charge in [-0.2, -0.15) is 18.3 Å². The van der Waals surface area contributed by atoms with Gasteiger partial charge in [0.1, 0.15) is 16.4 Å². The minimum atomic E-state index is -4.79. The standard InChI is InChI=1S/C25H27F3N4O7S/c1-13-20(23(34)35)30-32(5)22(13)39-18-10-8-15(12-19(18)40(36,37)31-24(2,3)4)29-21(33)14-7-9-17(38-6)16(11-14)25(26,27)28/h7-12,31H,1-6H3,(H,29,33)(H,34,35). The van der Waals surface area contributed by atoms with Crippen molar-refractivity contribution in [3.8, 4) is 17.4 Å². The van der Waals surface area contributed by atoms with Crippen molar-refractivity contribution in [2.45, 2.75) is 44.3 Å². The van der Waals surface area contributed by atoms with Crippen LogP contribution in [0.15, 0.2) is 41.3 Å². The Labute approximate surface area is 228 Å². The fourth-order valence-electron chi connectivity index (χ4n) is 3.68. The van der Waals surface area contributed by atoms with Gasteiger partial charge in [-0.15, -0.1) is 0 Å². The average molecular weight is 585 g/mol. The maximum Gasteiger partial charge on any atom is 0.419 e. The second-order valence-electron chi connectivity index (χ2n) is 9.69. The summed E-state index contributed by atoms with van der Waals surface area (Å²) in [5.74, 6) is -2.98. The van der Waals surface area contributed by atoms with E-state index in [9.17, 15) is 36.3 Å². The molecule has 0 bridgehead atoms. The lowest BCUT2D eigenvalue weighted by Gasteiger charge is -2.22. The van der Waals surface area contributed by atoms with Gasteiger partial charge >= 0.3 is 12.1 Å². The fraction of sp³-hybridized carbons (Fsp3) is 0.320. The molecule has 3 N–H and O–H groups in total. The molecule has 2 aromatic carbocycles. The van der Waals surface area contributed by atoms with Gasteiger partial charge in [-0.1, -0.05) is 0 Å². The molecular formula is C25H27F3N4O7S. The monoisotopic (exact) mass is 584 g/mol. The molecule has 3 aromatic rings. The van der Waals surface area contributed by atoms with Crippen molar-refractivity contribution < 1.29 is 45.8 Å². The van der Waals surface area contributed by atoms with E-state index in [1.54, 1.807) is 20.8 Å². The van der Waals surface area contributed by atoms with E-state index in [-0.39, 0.29) is 34.1 Å². The first-order valence-electron chi connectivity index (χ1n) is 11.5. The van der Waals surface area contributed by atoms with Crippen molar-refractivity contribution in [3.63, 3.8) is 0 Å². The van der Waals surface area contributed by atoms with E-state index in [0.29, 0.717) is 6.07 Å². The van der Waals surface area contributed by atoms with E-state index in [4.69, 9.17) is 9.47 Å². The number of benzene rings is 2. The number of nitrogens with zero attached hydrogens (tertiary/aromatic N) is 2. The molecule has 0 unspecified atom stereocenters. The van der Waals surface area contributed by atoms with Crippen LogP contribution < -0.4 is 19.5 Å². The molecule has 0 aliphatic carbocycles. The number of anilines is 1. The van der Waals surface area contributed by atoms with Crippen molar-refractivity contribution in [2.75, 3.05) is 12.4 Å². The molecule has 40 heavy (non-hydrogen) atoms. The number of amides is 1. The number of carboxylic acids is 1. The number of sulfonamides is 1. The molecule has 1 aromatic heterocycles. The molecule has 0 saturated carbocycles. The first kappa shape index (κ1) is 30.4. The van der Waals surface area contributed by atoms with Crippen LogP contribution in [-0.4, -0.2) is 47.8 Å². The van der Waals surface area contributed by atoms with Crippen LogP contribution in [0.4, 0.5) is 18.9 Å². The van der Waals surface area contributed by atoms with Gasteiger partial charge in [0, 0.05) is 29.4 Å². The SMILES string of the molecule is COc1ccc(C(=O)Nc2ccc(Oc3c(C)c(C(=O)O)nn3C)c(S(=O)(=O)NC(C)(C)C)c2)cc1C(F)(F)F. The lowest BCUT2D eigenvalue weighted by Crippen LogP contribution is -2.40. The molecule has 216 valence electrons. The van der Waals surface area contributed by atoms with Gasteiger partial charge in [-0.3, -0.25) is 4.79 Å². The zero-order chi connectivity index (χ0) is 30.2. The van der Waals surface area contributed by atoms with Gasteiger partial charge in [-0.25, -0.2) is 22.6 Å². The third-order valence-corrected chi connectivity index (χ3v) is 7.11. The second kappa shape index (κ2) is 10.8. The van der Waals surface area contributed by atoms with Crippen LogP contribution in [0.1, 0.15) is 52.7 Å². The number of nitrogens with one attached hydrogen (secondary N) is 2. The predicted octanol–water partition coefficient (Wildman–Crippen LogP) is 4.58. The number of carboxylic acid groups (broad SMARTS) is 1. The van der Waals surface area contributed by atoms with Crippen LogP contribution in [0.3, 0.4) is 0 Å². The quantitative estimate of drug-likeness (QED) is 0.349. The van der Waals surface area contributed by atoms with Crippen molar-refractivity contribution in [2.24, 2.45) is 7.05 Å². The molecule has 0 atom stereocenters. The van der Waals surface area contributed by atoms with Gasteiger partial charge < -0.3 is 19.9 Å². The van der Waals surface area contributed by atoms with Crippen molar-refractivity contribution in [1.82, 2.24) is 14.5 Å². The van der Waals surface area contributed by atoms with Crippen LogP contribution in [0.5, 0.6) is 17.4 Å². The molecule has 0 radical (unpaired) electrons. The zero-order valence-electron chi connectivity index (χ0n) is 22.3. The van der Waals surface area contributed by atoms with E-state index >= 15 is 0 Å². The predicted molar refractivity (Wildman–Crippen MR) is 137 cm³/mol. The number of hydrogen-bond donors (Lipinski definition) is 3. The summed E-state index contributed by atoms with van der Waals surface area (Å²) in [6, 6.07) is 6.32. The number of ether oxygens (including phenoxy) is 2. The maximum atomic E-state index is 13.4. The van der Waals surface area contributed by atoms with Crippen LogP contribution in [0, 0.1) is 6.92 Å². The summed E-state index contributed by atoms with van der Waals surface area (Å²) in [6.45, 7) is 6.24. The number of rotatable bonds is 8. The van der Waals surface area contributed by atoms with E-state index in [1.807, 2.05) is 0 Å². The summed E-state index contributed by atoms with van der Waals surface area (Å²) >= 11 is 0. The van der Waals surface area contributed by atoms with Crippen LogP contribution >= 0.6 is 0 Å². The second-order valence-corrected chi connectivity index (χ2v) is 11.3. The Balaban J connectivity index is 2.06. The Hall–Kier alpha value is -4.11. The minimum absolute atomic E-state index is 0.0423. The third kappa shape index (κ3) is 6.71. The van der Waals surface area contributed by atoms with E-state index < -0.39 is 49.8 Å². The van der Waals surface area contributed by atoms with Gasteiger partial charge in [0.15, 0.2) is 5.69 Å². The number of aromatic carboxylic acids is 1. The molecule has 0 fully saturated rings. The molecule has 0 saturated heterocycles. The number of aromatic nitrogens is 2. The number of halogens is 3. The highest BCUT2D eigenvalue weighted by atomic mass is 32.2. The van der Waals surface area contributed by atoms with Crippen molar-refractivity contribution in [1.29, 1.82) is 0 Å². The fourth-order valence-corrected chi connectivity index (χ4v) is 5.25. The number of carbonyl (C=O) groups excluding carboxylic acids is 1. The van der Waals surface area contributed by atoms with Crippen LogP contribution in [0.25, 0.3) is 0 Å². The molecule has 0 aliphatic heterocycles. The van der Waals surface area contributed by atoms with Crippen LogP contribution in [-0.2, 0) is 23.2 Å². The summed E-state index contributed by atoms with van der Waals surface area (Å²) in [5, 5.41) is 15.6. The molecular weight excluding hydrogens is 557 g/mol. The summed E-state index contributed by atoms with van der Waals surface area (Å²) < 4.78 is 81.0. The highest BCUT2D eigenvalue weighted by Crippen LogP contribution is 2.37. The zero-order valence-corrected chi connectivity index (χ0v) is 23.1. The first-order chi connectivity index (χ1) is 18.3. The first-order valence-corrected chi connectivity index (χ1v) is 13.0. The Morgan fingerprint density at radius 2 is 1.68 bits per heavy atom. The summed E-state index contributed by atoms with van der Waals surface area (Å²) in [5.41, 5.74) is -2.65. The minimum Gasteiger partial charge on any atom is -0.496 e. The molecule has 0 aliphatic rings. The van der Waals surface area contributed by atoms with Crippen molar-refractivity contribution >= 4 is 27.6 Å². The number of carbonyl (C=O) groups is 2. The Bertz CT molecular complexity index is 1580. The normalized spacial score (nSPS) is 12.2. The molecule has 15 heteroatoms. The number of methoxy groups -OCH3 is 1. The molecule has 1 amide bonds. The summed E-state index contributed by atoms with van der Waals surface area (Å²) in [7, 11) is -1.82. The highest BCUT2D eigenvalue weighted by molar-refractivity contribution is 7.89. The van der Waals surface area contributed by atoms with Crippen molar-refractivity contribution in [3.05, 3.63) is 58.8 Å². The number of hydrogen-bond acceptors (Lipinski definition) is 7. The van der Waals surface area contributed by atoms with E-state index in [2.05, 4.69) is 15.1 Å². The van der Waals surface area contributed by atoms with E-state index in [1.165, 1.54) is 26.1 Å².